The minimum atomic E-state index is -0.331. The Balaban J connectivity index is 1.55. The average Bonchev–Trinajstić information content (AvgIpc) is 3.34. The Morgan fingerprint density at radius 3 is 2.59 bits per heavy atom. The van der Waals surface area contributed by atoms with Crippen molar-refractivity contribution in [1.29, 1.82) is 0 Å². The number of hydrogen-bond donors (Lipinski definition) is 2. The molecule has 1 aliphatic rings. The maximum absolute atomic E-state index is 13.3. The highest BCUT2D eigenvalue weighted by atomic mass is 16.2. The van der Waals surface area contributed by atoms with Crippen molar-refractivity contribution in [3.63, 3.8) is 0 Å². The number of para-hydroxylation sites is 3. The van der Waals surface area contributed by atoms with Crippen molar-refractivity contribution in [2.75, 3.05) is 5.32 Å². The Bertz CT molecular complexity index is 1260. The first kappa shape index (κ1) is 23.7. The first-order valence-corrected chi connectivity index (χ1v) is 12.1. The van der Waals surface area contributed by atoms with Crippen molar-refractivity contribution in [2.24, 2.45) is 0 Å². The van der Waals surface area contributed by atoms with Crippen molar-refractivity contribution in [2.45, 2.75) is 71.4 Å². The van der Waals surface area contributed by atoms with Gasteiger partial charge in [-0.15, -0.1) is 0 Å². The lowest BCUT2D eigenvalue weighted by Crippen LogP contribution is -2.34. The highest BCUT2D eigenvalue weighted by Gasteiger charge is 2.19. The minimum absolute atomic E-state index is 0.0581. The van der Waals surface area contributed by atoms with Crippen LogP contribution in [0.4, 0.5) is 5.69 Å². The van der Waals surface area contributed by atoms with Crippen LogP contribution in [-0.4, -0.2) is 27.4 Å². The third-order valence-corrected chi connectivity index (χ3v) is 6.54. The summed E-state index contributed by atoms with van der Waals surface area (Å²) in [7, 11) is 0. The number of carbonyl (C=O) groups excluding carboxylic acids is 2. The Morgan fingerprint density at radius 2 is 1.82 bits per heavy atom. The number of hydrogen-bond acceptors (Lipinski definition) is 4. The van der Waals surface area contributed by atoms with E-state index < -0.39 is 0 Å². The second kappa shape index (κ2) is 10.6. The standard InChI is InChI=1S/C27H32N4O3/c1-3-19-10-8-9-18(2)26(19)30-25(33)17-31-23-14-7-6-13-21(23)29-22(27(31)34)15-16-24(32)28-20-11-4-5-12-20/h6-10,13-14,20H,3-5,11-12,15-17H2,1-2H3,(H,28,32)(H,30,33). The molecule has 1 aliphatic carbocycles. The predicted molar refractivity (Wildman–Crippen MR) is 134 cm³/mol. The molecule has 34 heavy (non-hydrogen) atoms. The van der Waals surface area contributed by atoms with Gasteiger partial charge in [-0.3, -0.25) is 19.0 Å². The molecule has 7 heteroatoms. The quantitative estimate of drug-likeness (QED) is 0.533. The van der Waals surface area contributed by atoms with E-state index in [2.05, 4.69) is 15.6 Å². The molecule has 0 atom stereocenters. The SMILES string of the molecule is CCc1cccc(C)c1NC(=O)Cn1c(=O)c(CCC(=O)NC2CCCC2)nc2ccccc21. The largest absolute Gasteiger partial charge is 0.353 e. The van der Waals surface area contributed by atoms with Gasteiger partial charge >= 0.3 is 0 Å². The number of amides is 2. The van der Waals surface area contributed by atoms with Gasteiger partial charge in [-0.2, -0.15) is 0 Å². The third kappa shape index (κ3) is 5.35. The van der Waals surface area contributed by atoms with Gasteiger partial charge in [0.25, 0.3) is 5.56 Å². The van der Waals surface area contributed by atoms with Gasteiger partial charge in [0, 0.05) is 24.6 Å². The van der Waals surface area contributed by atoms with Crippen LogP contribution in [0.25, 0.3) is 11.0 Å². The number of nitrogens with one attached hydrogen (secondary N) is 2. The van der Waals surface area contributed by atoms with Gasteiger partial charge < -0.3 is 10.6 Å². The van der Waals surface area contributed by atoms with Crippen LogP contribution in [-0.2, 0) is 29.0 Å². The monoisotopic (exact) mass is 460 g/mol. The first-order valence-electron chi connectivity index (χ1n) is 12.1. The van der Waals surface area contributed by atoms with E-state index in [1.54, 1.807) is 6.07 Å². The summed E-state index contributed by atoms with van der Waals surface area (Å²) in [6.07, 6.45) is 5.56. The maximum Gasteiger partial charge on any atom is 0.273 e. The van der Waals surface area contributed by atoms with E-state index in [0.717, 1.165) is 48.9 Å². The molecule has 2 amide bonds. The van der Waals surface area contributed by atoms with Crippen LogP contribution in [0.5, 0.6) is 0 Å². The van der Waals surface area contributed by atoms with E-state index in [1.165, 1.54) is 4.57 Å². The highest BCUT2D eigenvalue weighted by molar-refractivity contribution is 5.93. The summed E-state index contributed by atoms with van der Waals surface area (Å²) >= 11 is 0. The van der Waals surface area contributed by atoms with Crippen LogP contribution >= 0.6 is 0 Å². The van der Waals surface area contributed by atoms with Crippen LogP contribution in [0.3, 0.4) is 0 Å². The molecule has 0 spiro atoms. The van der Waals surface area contributed by atoms with Crippen LogP contribution in [0.2, 0.25) is 0 Å². The number of carbonyl (C=O) groups is 2. The fraction of sp³-hybridized carbons (Fsp3) is 0.407. The van der Waals surface area contributed by atoms with Gasteiger partial charge in [-0.05, 0) is 49.4 Å². The molecule has 2 aromatic carbocycles. The molecule has 2 N–H and O–H groups in total. The molecule has 4 rings (SSSR count). The highest BCUT2D eigenvalue weighted by Crippen LogP contribution is 2.21. The predicted octanol–water partition coefficient (Wildman–Crippen LogP) is 3.90. The van der Waals surface area contributed by atoms with Crippen molar-refractivity contribution in [3.05, 3.63) is 69.6 Å². The molecule has 0 bridgehead atoms. The molecule has 3 aromatic rings. The number of aryl methyl sites for hydroxylation is 3. The van der Waals surface area contributed by atoms with Crippen LogP contribution in [0, 0.1) is 6.92 Å². The second-order valence-electron chi connectivity index (χ2n) is 9.00. The van der Waals surface area contributed by atoms with E-state index >= 15 is 0 Å². The Kier molecular flexibility index (Phi) is 7.40. The average molecular weight is 461 g/mol. The van der Waals surface area contributed by atoms with Gasteiger partial charge in [-0.1, -0.05) is 50.1 Å². The van der Waals surface area contributed by atoms with E-state index in [-0.39, 0.29) is 42.8 Å². The molecule has 0 saturated heterocycles. The summed E-state index contributed by atoms with van der Waals surface area (Å²) in [4.78, 5) is 43.2. The molecular formula is C27H32N4O3. The van der Waals surface area contributed by atoms with Gasteiger partial charge in [0.15, 0.2) is 0 Å². The first-order chi connectivity index (χ1) is 16.5. The van der Waals surface area contributed by atoms with E-state index in [0.29, 0.717) is 16.7 Å². The molecular weight excluding hydrogens is 428 g/mol. The maximum atomic E-state index is 13.3. The molecule has 1 fully saturated rings. The van der Waals surface area contributed by atoms with Crippen LogP contribution < -0.4 is 16.2 Å². The lowest BCUT2D eigenvalue weighted by molar-refractivity contribution is -0.121. The van der Waals surface area contributed by atoms with Crippen molar-refractivity contribution in [1.82, 2.24) is 14.9 Å². The second-order valence-corrected chi connectivity index (χ2v) is 9.00. The fourth-order valence-electron chi connectivity index (χ4n) is 4.69. The number of nitrogens with zero attached hydrogens (tertiary/aromatic N) is 2. The van der Waals surface area contributed by atoms with E-state index in [9.17, 15) is 14.4 Å². The Morgan fingerprint density at radius 1 is 1.06 bits per heavy atom. The van der Waals surface area contributed by atoms with Crippen LogP contribution in [0.1, 0.15) is 55.8 Å². The van der Waals surface area contributed by atoms with E-state index in [1.807, 2.05) is 50.2 Å². The summed E-state index contributed by atoms with van der Waals surface area (Å²) in [6, 6.07) is 13.4. The molecule has 7 nitrogen and oxygen atoms in total. The van der Waals surface area contributed by atoms with Crippen LogP contribution in [0.15, 0.2) is 47.3 Å². The molecule has 178 valence electrons. The van der Waals surface area contributed by atoms with Gasteiger partial charge in [0.1, 0.15) is 12.2 Å². The lowest BCUT2D eigenvalue weighted by atomic mass is 10.1. The molecule has 0 aliphatic heterocycles. The summed E-state index contributed by atoms with van der Waals surface area (Å²) in [5.74, 6) is -0.329. The zero-order valence-corrected chi connectivity index (χ0v) is 19.9. The van der Waals surface area contributed by atoms with Crippen molar-refractivity contribution < 1.29 is 9.59 Å². The molecule has 1 aromatic heterocycles. The summed E-state index contributed by atoms with van der Waals surface area (Å²) in [5.41, 5.74) is 4.03. The molecule has 1 saturated carbocycles. The fourth-order valence-corrected chi connectivity index (χ4v) is 4.69. The zero-order valence-electron chi connectivity index (χ0n) is 19.9. The number of rotatable bonds is 8. The molecule has 0 unspecified atom stereocenters. The number of benzene rings is 2. The molecule has 1 heterocycles. The van der Waals surface area contributed by atoms with Gasteiger partial charge in [0.05, 0.1) is 11.0 Å². The summed E-state index contributed by atoms with van der Waals surface area (Å²) in [6.45, 7) is 3.87. The zero-order chi connectivity index (χ0) is 24.1. The Hall–Kier alpha value is -3.48. The smallest absolute Gasteiger partial charge is 0.273 e. The normalized spacial score (nSPS) is 13.8. The summed E-state index contributed by atoms with van der Waals surface area (Å²) in [5, 5.41) is 6.05. The number of aromatic nitrogens is 2. The number of fused-ring (bicyclic) bond motifs is 1. The Labute approximate surface area is 199 Å². The van der Waals surface area contributed by atoms with Gasteiger partial charge in [-0.25, -0.2) is 4.98 Å². The summed E-state index contributed by atoms with van der Waals surface area (Å²) < 4.78 is 1.46. The van der Waals surface area contributed by atoms with Crippen molar-refractivity contribution >= 4 is 28.5 Å². The third-order valence-electron chi connectivity index (χ3n) is 6.54. The topological polar surface area (TPSA) is 93.1 Å². The minimum Gasteiger partial charge on any atom is -0.353 e. The van der Waals surface area contributed by atoms with Gasteiger partial charge in [0.2, 0.25) is 11.8 Å². The van der Waals surface area contributed by atoms with E-state index in [4.69, 9.17) is 0 Å². The lowest BCUT2D eigenvalue weighted by Gasteiger charge is -2.15. The number of anilines is 1. The van der Waals surface area contributed by atoms with Crippen molar-refractivity contribution in [3.8, 4) is 0 Å². The molecule has 0 radical (unpaired) electrons.